The van der Waals surface area contributed by atoms with E-state index in [9.17, 15) is 18.4 Å². The van der Waals surface area contributed by atoms with Crippen LogP contribution < -0.4 is 9.47 Å². The van der Waals surface area contributed by atoms with E-state index in [-0.39, 0.29) is 11.1 Å². The van der Waals surface area contributed by atoms with Crippen LogP contribution >= 0.6 is 0 Å². The Morgan fingerprint density at radius 1 is 0.763 bits per heavy atom. The summed E-state index contributed by atoms with van der Waals surface area (Å²) in [4.78, 5) is 22.3. The van der Waals surface area contributed by atoms with Gasteiger partial charge in [-0.3, -0.25) is 0 Å². The number of carbonyl (C=O) groups excluding carboxylic acids is 2. The van der Waals surface area contributed by atoms with Crippen LogP contribution in [-0.4, -0.2) is 11.9 Å². The third-order valence-electron chi connectivity index (χ3n) is 5.03. The van der Waals surface area contributed by atoms with Gasteiger partial charge < -0.3 is 18.9 Å². The van der Waals surface area contributed by atoms with Gasteiger partial charge in [0.25, 0.3) is 6.43 Å². The predicted molar refractivity (Wildman–Crippen MR) is 139 cm³/mol. The number of benzene rings is 3. The van der Waals surface area contributed by atoms with Crippen molar-refractivity contribution in [3.63, 3.8) is 0 Å². The minimum atomic E-state index is -2.70. The molecule has 194 valence electrons. The Bertz CT molecular complexity index is 1360. The molecule has 3 aromatic rings. The molecule has 0 saturated carbocycles. The monoisotopic (exact) mass is 518 g/mol. The summed E-state index contributed by atoms with van der Waals surface area (Å²) < 4.78 is 48.1. The largest absolute Gasteiger partial charge is 0.462 e. The highest BCUT2D eigenvalue weighted by atomic mass is 19.3. The molecule has 0 fully saturated rings. The molecule has 38 heavy (non-hydrogen) atoms. The van der Waals surface area contributed by atoms with Crippen molar-refractivity contribution in [3.8, 4) is 33.8 Å². The van der Waals surface area contributed by atoms with Gasteiger partial charge in [0.05, 0.1) is 0 Å². The molecule has 0 atom stereocenters. The van der Waals surface area contributed by atoms with E-state index in [4.69, 9.17) is 14.2 Å². The molecule has 3 aromatic carbocycles. The minimum absolute atomic E-state index is 0.116. The molecule has 3 rings (SSSR count). The molecule has 0 unspecified atom stereocenters. The van der Waals surface area contributed by atoms with Crippen molar-refractivity contribution in [2.75, 3.05) is 0 Å². The van der Waals surface area contributed by atoms with Crippen LogP contribution in [-0.2, 0) is 19.1 Å². The lowest BCUT2D eigenvalue weighted by Gasteiger charge is -2.13. The zero-order chi connectivity index (χ0) is 27.5. The van der Waals surface area contributed by atoms with Gasteiger partial charge in [0, 0.05) is 17.2 Å². The molecule has 0 saturated heterocycles. The topological polar surface area (TPSA) is 71.1 Å². The van der Waals surface area contributed by atoms with Crippen LogP contribution in [0.15, 0.2) is 117 Å². The number of hydrogen-bond donors (Lipinski definition) is 0. The van der Waals surface area contributed by atoms with Crippen LogP contribution in [0, 0.1) is 0 Å². The van der Waals surface area contributed by atoms with Crippen molar-refractivity contribution in [2.24, 2.45) is 0 Å². The van der Waals surface area contributed by atoms with E-state index < -0.39 is 18.4 Å². The highest BCUT2D eigenvalue weighted by molar-refractivity contribution is 5.87. The second-order valence-electron chi connectivity index (χ2n) is 7.76. The summed E-state index contributed by atoms with van der Waals surface area (Å²) in [5.41, 5.74) is 2.45. The van der Waals surface area contributed by atoms with Gasteiger partial charge in [-0.2, -0.15) is 0 Å². The molecule has 0 aliphatic rings. The van der Waals surface area contributed by atoms with Gasteiger partial charge in [-0.25, -0.2) is 18.4 Å². The standard InChI is InChI=1S/C30H24F2O6/c1-4-28(33)37-17-15-35-25-12-7-22(8-13-25)26-14-9-23(19-27(26)29(31)32)21-5-10-24(11-6-21)36-16-18-38-30(34)20(2)3/h4-19,29H,1-2H2,3H3. The summed E-state index contributed by atoms with van der Waals surface area (Å²) in [6.45, 7) is 8.28. The third-order valence-corrected chi connectivity index (χ3v) is 5.03. The van der Waals surface area contributed by atoms with Crippen LogP contribution in [0.3, 0.4) is 0 Å². The van der Waals surface area contributed by atoms with Gasteiger partial charge in [0.2, 0.25) is 0 Å². The van der Waals surface area contributed by atoms with Crippen molar-refractivity contribution in [3.05, 3.63) is 122 Å². The fraction of sp³-hybridized carbons (Fsp3) is 0.0667. The molecule has 0 radical (unpaired) electrons. The van der Waals surface area contributed by atoms with E-state index >= 15 is 0 Å². The number of carbonyl (C=O) groups is 2. The SMILES string of the molecule is C=CC(=O)OC=COc1ccc(-c2ccc(-c3ccc(OC=COC(=O)C(=C)C)cc3)cc2C(F)F)cc1. The Hall–Kier alpha value is -4.98. The molecule has 0 N–H and O–H groups in total. The lowest BCUT2D eigenvalue weighted by Crippen LogP contribution is -1.99. The predicted octanol–water partition coefficient (Wildman–Crippen LogP) is 7.51. The molecule has 0 spiro atoms. The smallest absolute Gasteiger partial charge is 0.338 e. The number of ether oxygens (including phenoxy) is 4. The quantitative estimate of drug-likeness (QED) is 0.149. The number of hydrogen-bond acceptors (Lipinski definition) is 6. The van der Waals surface area contributed by atoms with E-state index in [0.29, 0.717) is 28.2 Å². The molecular weight excluding hydrogens is 494 g/mol. The van der Waals surface area contributed by atoms with Crippen molar-refractivity contribution < 1.29 is 37.3 Å². The average Bonchev–Trinajstić information content (AvgIpc) is 2.93. The normalized spacial score (nSPS) is 10.9. The summed E-state index contributed by atoms with van der Waals surface area (Å²) in [5.74, 6) is -0.286. The first kappa shape index (κ1) is 27.6. The van der Waals surface area contributed by atoms with Gasteiger partial charge in [0.1, 0.15) is 36.5 Å². The second-order valence-corrected chi connectivity index (χ2v) is 7.76. The summed E-state index contributed by atoms with van der Waals surface area (Å²) in [5, 5.41) is 0. The summed E-state index contributed by atoms with van der Waals surface area (Å²) >= 11 is 0. The van der Waals surface area contributed by atoms with Gasteiger partial charge in [0.15, 0.2) is 0 Å². The highest BCUT2D eigenvalue weighted by Crippen LogP contribution is 2.35. The number of alkyl halides is 2. The first-order chi connectivity index (χ1) is 18.3. The van der Waals surface area contributed by atoms with E-state index in [1.807, 2.05) is 0 Å². The summed E-state index contributed by atoms with van der Waals surface area (Å²) in [6.07, 6.45) is 2.89. The van der Waals surface area contributed by atoms with E-state index in [1.165, 1.54) is 25.5 Å². The van der Waals surface area contributed by atoms with Gasteiger partial charge in [-0.05, 0) is 59.5 Å². The Kier molecular flexibility index (Phi) is 9.71. The lowest BCUT2D eigenvalue weighted by molar-refractivity contribution is -0.134. The van der Waals surface area contributed by atoms with Crippen LogP contribution in [0.1, 0.15) is 18.9 Å². The number of halogens is 2. The molecule has 0 aromatic heterocycles. The second kappa shape index (κ2) is 13.4. The van der Waals surface area contributed by atoms with Crippen molar-refractivity contribution in [1.82, 2.24) is 0 Å². The maximum Gasteiger partial charge on any atom is 0.338 e. The van der Waals surface area contributed by atoms with Crippen molar-refractivity contribution in [1.29, 1.82) is 0 Å². The zero-order valence-electron chi connectivity index (χ0n) is 20.4. The van der Waals surface area contributed by atoms with Crippen LogP contribution in [0.5, 0.6) is 11.5 Å². The maximum absolute atomic E-state index is 14.0. The fourth-order valence-corrected chi connectivity index (χ4v) is 3.17. The Balaban J connectivity index is 1.71. The zero-order valence-corrected chi connectivity index (χ0v) is 20.4. The van der Waals surface area contributed by atoms with Crippen molar-refractivity contribution >= 4 is 11.9 Å². The van der Waals surface area contributed by atoms with Gasteiger partial charge in [-0.1, -0.05) is 49.6 Å². The maximum atomic E-state index is 14.0. The molecule has 0 amide bonds. The van der Waals surface area contributed by atoms with Gasteiger partial charge >= 0.3 is 11.9 Å². The minimum Gasteiger partial charge on any atom is -0.462 e. The molecule has 0 bridgehead atoms. The van der Waals surface area contributed by atoms with Gasteiger partial charge in [-0.15, -0.1) is 0 Å². The van der Waals surface area contributed by atoms with Crippen LogP contribution in [0.2, 0.25) is 0 Å². The molecular formula is C30H24F2O6. The number of esters is 2. The Labute approximate surface area is 218 Å². The highest BCUT2D eigenvalue weighted by Gasteiger charge is 2.16. The number of rotatable bonds is 11. The molecule has 8 heteroatoms. The summed E-state index contributed by atoms with van der Waals surface area (Å²) in [6, 6.07) is 18.2. The molecule has 0 heterocycles. The fourth-order valence-electron chi connectivity index (χ4n) is 3.17. The van der Waals surface area contributed by atoms with Crippen LogP contribution in [0.4, 0.5) is 8.78 Å². The first-order valence-corrected chi connectivity index (χ1v) is 11.2. The third kappa shape index (κ3) is 7.76. The van der Waals surface area contributed by atoms with Crippen molar-refractivity contribution in [2.45, 2.75) is 13.3 Å². The van der Waals surface area contributed by atoms with E-state index in [2.05, 4.69) is 17.9 Å². The lowest BCUT2D eigenvalue weighted by atomic mass is 9.95. The van der Waals surface area contributed by atoms with E-state index in [1.54, 1.807) is 60.7 Å². The summed E-state index contributed by atoms with van der Waals surface area (Å²) in [7, 11) is 0. The Morgan fingerprint density at radius 2 is 1.29 bits per heavy atom. The average molecular weight is 519 g/mol. The van der Waals surface area contributed by atoms with Crippen LogP contribution in [0.25, 0.3) is 22.3 Å². The molecule has 0 aliphatic heterocycles. The molecule has 0 aliphatic carbocycles. The Morgan fingerprint density at radius 3 is 1.82 bits per heavy atom. The van der Waals surface area contributed by atoms with E-state index in [0.717, 1.165) is 24.2 Å². The first-order valence-electron chi connectivity index (χ1n) is 11.2. The molecule has 6 nitrogen and oxygen atoms in total.